The summed E-state index contributed by atoms with van der Waals surface area (Å²) in [5, 5.41) is 3.37. The van der Waals surface area contributed by atoms with Crippen LogP contribution in [0.3, 0.4) is 0 Å². The van der Waals surface area contributed by atoms with E-state index in [0.29, 0.717) is 17.4 Å². The number of benzene rings is 1. The molecule has 1 fully saturated rings. The average Bonchev–Trinajstić information content (AvgIpc) is 2.49. The van der Waals surface area contributed by atoms with Gasteiger partial charge in [0.1, 0.15) is 0 Å². The summed E-state index contributed by atoms with van der Waals surface area (Å²) in [5.74, 6) is 0. The van der Waals surface area contributed by atoms with Gasteiger partial charge in [-0.25, -0.2) is 14.8 Å². The fraction of sp³-hybridized carbons (Fsp3) is 0.133. The van der Waals surface area contributed by atoms with Gasteiger partial charge in [-0.3, -0.25) is 4.90 Å². The minimum atomic E-state index is -0.182. The molecule has 0 saturated carbocycles. The topological polar surface area (TPSA) is 58.1 Å². The van der Waals surface area contributed by atoms with Crippen LogP contribution in [0.2, 0.25) is 0 Å². The molecule has 21 heavy (non-hydrogen) atoms. The Bertz CT molecular complexity index is 657. The Morgan fingerprint density at radius 1 is 1.19 bits per heavy atom. The fourth-order valence-electron chi connectivity index (χ4n) is 1.97. The number of rotatable bonds is 3. The zero-order valence-corrected chi connectivity index (χ0v) is 12.1. The molecule has 5 nitrogen and oxygen atoms in total. The molecule has 6 heteroatoms. The minimum absolute atomic E-state index is 0.182. The molecule has 0 unspecified atom stereocenters. The number of aromatic nitrogens is 2. The maximum atomic E-state index is 11.9. The van der Waals surface area contributed by atoms with Gasteiger partial charge >= 0.3 is 6.03 Å². The lowest BCUT2D eigenvalue weighted by Gasteiger charge is -2.28. The van der Waals surface area contributed by atoms with E-state index < -0.39 is 0 Å². The number of nitrogens with zero attached hydrogens (tertiary/aromatic N) is 3. The van der Waals surface area contributed by atoms with E-state index in [4.69, 9.17) is 0 Å². The number of hydrogen-bond acceptors (Lipinski definition) is 4. The highest BCUT2D eigenvalue weighted by molar-refractivity contribution is 7.99. The van der Waals surface area contributed by atoms with Gasteiger partial charge in [0.05, 0.1) is 18.1 Å². The molecule has 2 aromatic rings. The van der Waals surface area contributed by atoms with E-state index in [2.05, 4.69) is 21.9 Å². The highest BCUT2D eigenvalue weighted by Crippen LogP contribution is 2.25. The smallest absolute Gasteiger partial charge is 0.312 e. The largest absolute Gasteiger partial charge is 0.326 e. The van der Waals surface area contributed by atoms with E-state index >= 15 is 0 Å². The van der Waals surface area contributed by atoms with Crippen LogP contribution < -0.4 is 10.2 Å². The van der Waals surface area contributed by atoms with Crippen molar-refractivity contribution in [1.82, 2.24) is 15.3 Å². The molecule has 0 radical (unpaired) electrons. The van der Waals surface area contributed by atoms with E-state index in [0.717, 1.165) is 17.0 Å². The van der Waals surface area contributed by atoms with E-state index in [1.807, 2.05) is 30.3 Å². The van der Waals surface area contributed by atoms with E-state index in [1.165, 1.54) is 11.8 Å². The summed E-state index contributed by atoms with van der Waals surface area (Å²) in [6.45, 7) is 4.36. The SMILES string of the molecule is C=C1CCN(c2cnc(Sc3ccccc3)nc2)C(=O)N1. The molecule has 2 amide bonds. The van der Waals surface area contributed by atoms with Crippen LogP contribution in [-0.2, 0) is 0 Å². The van der Waals surface area contributed by atoms with Gasteiger partial charge in [0.15, 0.2) is 5.16 Å². The van der Waals surface area contributed by atoms with Crippen LogP contribution in [0.25, 0.3) is 0 Å². The predicted molar refractivity (Wildman–Crippen MR) is 82.2 cm³/mol. The van der Waals surface area contributed by atoms with Gasteiger partial charge in [-0.1, -0.05) is 24.8 Å². The van der Waals surface area contributed by atoms with Crippen molar-refractivity contribution in [3.8, 4) is 0 Å². The first-order valence-corrected chi connectivity index (χ1v) is 7.35. The molecule has 2 heterocycles. The monoisotopic (exact) mass is 298 g/mol. The third-order valence-electron chi connectivity index (χ3n) is 3.04. The zero-order chi connectivity index (χ0) is 14.7. The fourth-order valence-corrected chi connectivity index (χ4v) is 2.69. The van der Waals surface area contributed by atoms with Gasteiger partial charge < -0.3 is 5.32 Å². The Kier molecular flexibility index (Phi) is 3.87. The van der Waals surface area contributed by atoms with Crippen molar-refractivity contribution in [2.45, 2.75) is 16.5 Å². The third kappa shape index (κ3) is 3.22. The second-order valence-corrected chi connectivity index (χ2v) is 5.61. The standard InChI is InChI=1S/C15H14N4OS/c1-11-7-8-19(15(20)18-11)12-9-16-14(17-10-12)21-13-5-3-2-4-6-13/h2-6,9-10H,1,7-8H2,(H,18,20). The molecule has 1 aromatic heterocycles. The summed E-state index contributed by atoms with van der Waals surface area (Å²) in [6.07, 6.45) is 4.07. The summed E-state index contributed by atoms with van der Waals surface area (Å²) in [6, 6.07) is 9.75. The van der Waals surface area contributed by atoms with Crippen LogP contribution in [-0.4, -0.2) is 22.5 Å². The first-order valence-electron chi connectivity index (χ1n) is 6.53. The van der Waals surface area contributed by atoms with Crippen LogP contribution in [0.5, 0.6) is 0 Å². The first kappa shape index (κ1) is 13.6. The second kappa shape index (κ2) is 5.97. The molecule has 0 atom stereocenters. The molecular formula is C15H14N4OS. The summed E-state index contributed by atoms with van der Waals surface area (Å²) < 4.78 is 0. The summed E-state index contributed by atoms with van der Waals surface area (Å²) >= 11 is 1.49. The van der Waals surface area contributed by atoms with Crippen molar-refractivity contribution in [1.29, 1.82) is 0 Å². The Hall–Kier alpha value is -2.34. The molecule has 1 saturated heterocycles. The molecule has 1 aliphatic rings. The van der Waals surface area contributed by atoms with Gasteiger partial charge in [-0.15, -0.1) is 0 Å². The number of carbonyl (C=O) groups excluding carboxylic acids is 1. The Morgan fingerprint density at radius 3 is 2.57 bits per heavy atom. The molecule has 0 spiro atoms. The quantitative estimate of drug-likeness (QED) is 0.885. The van der Waals surface area contributed by atoms with Gasteiger partial charge in [-0.2, -0.15) is 0 Å². The molecule has 1 N–H and O–H groups in total. The molecular weight excluding hydrogens is 284 g/mol. The van der Waals surface area contributed by atoms with Crippen molar-refractivity contribution in [2.24, 2.45) is 0 Å². The summed E-state index contributed by atoms with van der Waals surface area (Å²) in [4.78, 5) is 23.2. The number of carbonyl (C=O) groups is 1. The van der Waals surface area contributed by atoms with Crippen LogP contribution in [0.4, 0.5) is 10.5 Å². The maximum Gasteiger partial charge on any atom is 0.326 e. The summed E-state index contributed by atoms with van der Waals surface area (Å²) in [7, 11) is 0. The molecule has 0 aliphatic carbocycles. The van der Waals surface area contributed by atoms with Gasteiger partial charge in [0.25, 0.3) is 0 Å². The molecule has 3 rings (SSSR count). The lowest BCUT2D eigenvalue weighted by Crippen LogP contribution is -2.45. The Labute approximate surface area is 127 Å². The Balaban J connectivity index is 1.72. The van der Waals surface area contributed by atoms with Crippen LogP contribution in [0.15, 0.2) is 65.1 Å². The van der Waals surface area contributed by atoms with Crippen LogP contribution >= 0.6 is 11.8 Å². The second-order valence-electron chi connectivity index (χ2n) is 4.57. The first-order chi connectivity index (χ1) is 10.2. The third-order valence-corrected chi connectivity index (χ3v) is 3.95. The molecule has 106 valence electrons. The Morgan fingerprint density at radius 2 is 1.90 bits per heavy atom. The van der Waals surface area contributed by atoms with Crippen LogP contribution in [0.1, 0.15) is 6.42 Å². The number of urea groups is 1. The van der Waals surface area contributed by atoms with E-state index in [9.17, 15) is 4.79 Å². The predicted octanol–water partition coefficient (Wildman–Crippen LogP) is 3.06. The zero-order valence-electron chi connectivity index (χ0n) is 11.3. The molecule has 0 bridgehead atoms. The van der Waals surface area contributed by atoms with Gasteiger partial charge in [-0.05, 0) is 23.9 Å². The summed E-state index contributed by atoms with van der Waals surface area (Å²) in [5.41, 5.74) is 1.44. The van der Waals surface area contributed by atoms with Gasteiger partial charge in [0.2, 0.25) is 0 Å². The lowest BCUT2D eigenvalue weighted by molar-refractivity contribution is 0.246. The number of amides is 2. The van der Waals surface area contributed by atoms with Gasteiger partial charge in [0, 0.05) is 23.6 Å². The number of nitrogens with one attached hydrogen (secondary N) is 1. The molecule has 1 aromatic carbocycles. The number of hydrogen-bond donors (Lipinski definition) is 1. The normalized spacial score (nSPS) is 15.0. The van der Waals surface area contributed by atoms with E-state index in [1.54, 1.807) is 17.3 Å². The van der Waals surface area contributed by atoms with Crippen molar-refractivity contribution in [3.63, 3.8) is 0 Å². The average molecular weight is 298 g/mol. The maximum absolute atomic E-state index is 11.9. The van der Waals surface area contributed by atoms with Crippen molar-refractivity contribution < 1.29 is 4.79 Å². The lowest BCUT2D eigenvalue weighted by atomic mass is 10.2. The van der Waals surface area contributed by atoms with Crippen molar-refractivity contribution in [2.75, 3.05) is 11.4 Å². The van der Waals surface area contributed by atoms with Crippen LogP contribution in [0, 0.1) is 0 Å². The number of anilines is 1. The van der Waals surface area contributed by atoms with Crippen molar-refractivity contribution >= 4 is 23.5 Å². The van der Waals surface area contributed by atoms with E-state index in [-0.39, 0.29) is 6.03 Å². The van der Waals surface area contributed by atoms with Crippen molar-refractivity contribution in [3.05, 3.63) is 55.0 Å². The molecule has 1 aliphatic heterocycles. The minimum Gasteiger partial charge on any atom is -0.312 e. The highest BCUT2D eigenvalue weighted by atomic mass is 32.2. The highest BCUT2D eigenvalue weighted by Gasteiger charge is 2.21.